The number of urea groups is 1. The van der Waals surface area contributed by atoms with Crippen LogP contribution in [0.3, 0.4) is 0 Å². The van der Waals surface area contributed by atoms with Crippen molar-refractivity contribution in [1.82, 2.24) is 5.32 Å². The second-order valence-corrected chi connectivity index (χ2v) is 3.93. The van der Waals surface area contributed by atoms with E-state index < -0.39 is 18.0 Å². The fourth-order valence-corrected chi connectivity index (χ4v) is 1.46. The number of benzene rings is 1. The van der Waals surface area contributed by atoms with Gasteiger partial charge in [-0.3, -0.25) is 0 Å². The van der Waals surface area contributed by atoms with E-state index in [1.807, 2.05) is 6.07 Å². The van der Waals surface area contributed by atoms with Crippen LogP contribution in [0.15, 0.2) is 24.3 Å². The molecule has 0 fully saturated rings. The minimum absolute atomic E-state index is 0.309. The van der Waals surface area contributed by atoms with Gasteiger partial charge in [-0.05, 0) is 24.1 Å². The minimum Gasteiger partial charge on any atom is -0.480 e. The zero-order valence-corrected chi connectivity index (χ0v) is 10.5. The van der Waals surface area contributed by atoms with Gasteiger partial charge in [-0.2, -0.15) is 5.26 Å². The van der Waals surface area contributed by atoms with Gasteiger partial charge in [0.15, 0.2) is 0 Å². The van der Waals surface area contributed by atoms with Crippen molar-refractivity contribution in [3.63, 3.8) is 0 Å². The Kier molecular flexibility index (Phi) is 5.35. The van der Waals surface area contributed by atoms with E-state index in [0.717, 1.165) is 5.56 Å². The Hall–Kier alpha value is -2.55. The lowest BCUT2D eigenvalue weighted by Crippen LogP contribution is -2.42. The van der Waals surface area contributed by atoms with Gasteiger partial charge < -0.3 is 15.7 Å². The molecule has 100 valence electrons. The van der Waals surface area contributed by atoms with Crippen LogP contribution in [0.4, 0.5) is 10.5 Å². The molecule has 0 aliphatic rings. The van der Waals surface area contributed by atoms with Crippen LogP contribution in [0.5, 0.6) is 0 Å². The number of carboxylic acid groups (broad SMARTS) is 1. The van der Waals surface area contributed by atoms with Crippen molar-refractivity contribution in [1.29, 1.82) is 5.26 Å². The van der Waals surface area contributed by atoms with Crippen molar-refractivity contribution >= 4 is 17.7 Å². The molecule has 6 heteroatoms. The topological polar surface area (TPSA) is 102 Å². The molecule has 1 aromatic rings. The molecule has 1 rings (SSSR count). The van der Waals surface area contributed by atoms with Crippen LogP contribution in [0.2, 0.25) is 0 Å². The molecule has 0 heterocycles. The van der Waals surface area contributed by atoms with E-state index in [-0.39, 0.29) is 0 Å². The van der Waals surface area contributed by atoms with E-state index in [9.17, 15) is 9.59 Å². The number of hydrogen-bond donors (Lipinski definition) is 3. The number of aliphatic carboxylic acids is 1. The molecular formula is C13H15N3O3. The fourth-order valence-electron chi connectivity index (χ4n) is 1.46. The van der Waals surface area contributed by atoms with Crippen LogP contribution in [0, 0.1) is 11.3 Å². The zero-order valence-electron chi connectivity index (χ0n) is 10.5. The van der Waals surface area contributed by atoms with Crippen molar-refractivity contribution < 1.29 is 14.7 Å². The zero-order chi connectivity index (χ0) is 14.3. The van der Waals surface area contributed by atoms with Gasteiger partial charge in [0.05, 0.1) is 12.5 Å². The lowest BCUT2D eigenvalue weighted by Gasteiger charge is -2.13. The van der Waals surface area contributed by atoms with Crippen LogP contribution in [0.1, 0.15) is 18.9 Å². The highest BCUT2D eigenvalue weighted by Crippen LogP contribution is 2.09. The van der Waals surface area contributed by atoms with Gasteiger partial charge >= 0.3 is 12.0 Å². The lowest BCUT2D eigenvalue weighted by molar-refractivity contribution is -0.139. The predicted octanol–water partition coefficient (Wildman–Crippen LogP) is 1.74. The summed E-state index contributed by atoms with van der Waals surface area (Å²) in [6, 6.07) is 7.33. The van der Waals surface area contributed by atoms with Crippen LogP contribution >= 0.6 is 0 Å². The van der Waals surface area contributed by atoms with E-state index in [1.54, 1.807) is 31.2 Å². The van der Waals surface area contributed by atoms with Crippen molar-refractivity contribution in [2.24, 2.45) is 0 Å². The van der Waals surface area contributed by atoms with Gasteiger partial charge in [0.25, 0.3) is 0 Å². The Morgan fingerprint density at radius 3 is 2.47 bits per heavy atom. The summed E-state index contributed by atoms with van der Waals surface area (Å²) in [5, 5.41) is 22.2. The van der Waals surface area contributed by atoms with Crippen molar-refractivity contribution in [2.45, 2.75) is 25.8 Å². The summed E-state index contributed by atoms with van der Waals surface area (Å²) in [5.74, 6) is -1.07. The molecular weight excluding hydrogens is 246 g/mol. The standard InChI is InChI=1S/C13H15N3O3/c1-2-11(12(17)18)16-13(19)15-10-5-3-9(4-6-10)7-8-14/h3-6,11H,2,7H2,1H3,(H,17,18)(H2,15,16,19)/t11-/m0/s1. The number of anilines is 1. The lowest BCUT2D eigenvalue weighted by atomic mass is 10.1. The number of carboxylic acids is 1. The highest BCUT2D eigenvalue weighted by atomic mass is 16.4. The Morgan fingerprint density at radius 2 is 2.00 bits per heavy atom. The summed E-state index contributed by atoms with van der Waals surface area (Å²) < 4.78 is 0. The third-order valence-electron chi connectivity index (χ3n) is 2.51. The molecule has 6 nitrogen and oxygen atoms in total. The maximum absolute atomic E-state index is 11.6. The molecule has 1 aromatic carbocycles. The van der Waals surface area contributed by atoms with Gasteiger partial charge in [-0.15, -0.1) is 0 Å². The van der Waals surface area contributed by atoms with Gasteiger partial charge in [0, 0.05) is 5.69 Å². The molecule has 0 radical (unpaired) electrons. The Balaban J connectivity index is 2.57. The second-order valence-electron chi connectivity index (χ2n) is 3.93. The molecule has 0 saturated carbocycles. The van der Waals surface area contributed by atoms with Gasteiger partial charge in [0.2, 0.25) is 0 Å². The molecule has 0 aliphatic heterocycles. The maximum Gasteiger partial charge on any atom is 0.326 e. The van der Waals surface area contributed by atoms with Crippen LogP contribution in [-0.4, -0.2) is 23.1 Å². The van der Waals surface area contributed by atoms with Gasteiger partial charge in [-0.1, -0.05) is 19.1 Å². The third kappa shape index (κ3) is 4.68. The van der Waals surface area contributed by atoms with Crippen LogP contribution in [-0.2, 0) is 11.2 Å². The molecule has 0 aliphatic carbocycles. The Labute approximate surface area is 111 Å². The first-order chi connectivity index (χ1) is 9.06. The first-order valence-electron chi connectivity index (χ1n) is 5.83. The average molecular weight is 261 g/mol. The smallest absolute Gasteiger partial charge is 0.326 e. The highest BCUT2D eigenvalue weighted by Gasteiger charge is 2.17. The van der Waals surface area contributed by atoms with E-state index in [4.69, 9.17) is 10.4 Å². The molecule has 0 aromatic heterocycles. The quantitative estimate of drug-likeness (QED) is 0.751. The summed E-state index contributed by atoms with van der Waals surface area (Å²) in [4.78, 5) is 22.3. The molecule has 0 bridgehead atoms. The van der Waals surface area contributed by atoms with E-state index in [2.05, 4.69) is 10.6 Å². The number of carbonyl (C=O) groups excluding carboxylic acids is 1. The van der Waals surface area contributed by atoms with Crippen LogP contribution in [0.25, 0.3) is 0 Å². The van der Waals surface area contributed by atoms with Crippen molar-refractivity contribution in [3.05, 3.63) is 29.8 Å². The first kappa shape index (κ1) is 14.5. The molecule has 3 N–H and O–H groups in total. The molecule has 0 unspecified atom stereocenters. The predicted molar refractivity (Wildman–Crippen MR) is 69.6 cm³/mol. The number of carbonyl (C=O) groups is 2. The SMILES string of the molecule is CC[C@H](NC(=O)Nc1ccc(CC#N)cc1)C(=O)O. The fraction of sp³-hybridized carbons (Fsp3) is 0.308. The van der Waals surface area contributed by atoms with Gasteiger partial charge in [-0.25, -0.2) is 9.59 Å². The first-order valence-corrected chi connectivity index (χ1v) is 5.83. The number of nitrogens with one attached hydrogen (secondary N) is 2. The Bertz CT molecular complexity index is 491. The number of nitriles is 1. The summed E-state index contributed by atoms with van der Waals surface area (Å²) in [6.45, 7) is 1.68. The summed E-state index contributed by atoms with van der Waals surface area (Å²) >= 11 is 0. The Morgan fingerprint density at radius 1 is 1.37 bits per heavy atom. The number of amides is 2. The van der Waals surface area contributed by atoms with E-state index >= 15 is 0 Å². The molecule has 0 spiro atoms. The van der Waals surface area contributed by atoms with Crippen LogP contribution < -0.4 is 10.6 Å². The molecule has 2 amide bonds. The maximum atomic E-state index is 11.6. The normalized spacial score (nSPS) is 11.2. The monoisotopic (exact) mass is 261 g/mol. The minimum atomic E-state index is -1.07. The van der Waals surface area contributed by atoms with Gasteiger partial charge in [0.1, 0.15) is 6.04 Å². The average Bonchev–Trinajstić information content (AvgIpc) is 2.38. The molecule has 0 saturated heterocycles. The summed E-state index contributed by atoms with van der Waals surface area (Å²) in [6.07, 6.45) is 0.618. The summed E-state index contributed by atoms with van der Waals surface area (Å²) in [7, 11) is 0. The highest BCUT2D eigenvalue weighted by molar-refractivity contribution is 5.92. The largest absolute Gasteiger partial charge is 0.480 e. The van der Waals surface area contributed by atoms with E-state index in [1.165, 1.54) is 0 Å². The van der Waals surface area contributed by atoms with E-state index in [0.29, 0.717) is 18.5 Å². The van der Waals surface area contributed by atoms with Crippen molar-refractivity contribution in [2.75, 3.05) is 5.32 Å². The second kappa shape index (κ2) is 7.01. The third-order valence-corrected chi connectivity index (χ3v) is 2.51. The number of rotatable bonds is 5. The summed E-state index contributed by atoms with van der Waals surface area (Å²) in [5.41, 5.74) is 1.39. The molecule has 19 heavy (non-hydrogen) atoms. The number of hydrogen-bond acceptors (Lipinski definition) is 3. The van der Waals surface area contributed by atoms with Crippen molar-refractivity contribution in [3.8, 4) is 6.07 Å². The number of nitrogens with zero attached hydrogens (tertiary/aromatic N) is 1. The molecule has 1 atom stereocenters.